The quantitative estimate of drug-likeness (QED) is 0.932. The lowest BCUT2D eigenvalue weighted by atomic mass is 9.85. The van der Waals surface area contributed by atoms with E-state index in [9.17, 15) is 4.39 Å². The smallest absolute Gasteiger partial charge is 0.128 e. The van der Waals surface area contributed by atoms with Crippen molar-refractivity contribution in [2.45, 2.75) is 12.5 Å². The second-order valence-corrected chi connectivity index (χ2v) is 4.78. The number of ether oxygens (including phenoxy) is 2. The van der Waals surface area contributed by atoms with Crippen molar-refractivity contribution in [3.8, 4) is 11.5 Å². The van der Waals surface area contributed by atoms with Crippen LogP contribution in [-0.4, -0.2) is 14.2 Å². The van der Waals surface area contributed by atoms with E-state index in [1.54, 1.807) is 57.5 Å². The Morgan fingerprint density at radius 2 is 1.55 bits per heavy atom. The third-order valence-corrected chi connectivity index (χ3v) is 3.38. The average Bonchev–Trinajstić information content (AvgIpc) is 2.46. The molecule has 0 spiro atoms. The lowest BCUT2D eigenvalue weighted by Crippen LogP contribution is -2.35. The van der Waals surface area contributed by atoms with Gasteiger partial charge in [0.05, 0.1) is 19.8 Å². The second kappa shape index (κ2) is 5.51. The van der Waals surface area contributed by atoms with Gasteiger partial charge in [0.25, 0.3) is 0 Å². The molecule has 0 amide bonds. The Morgan fingerprint density at radius 3 is 2.05 bits per heavy atom. The fourth-order valence-electron chi connectivity index (χ4n) is 2.15. The number of hydrogen-bond acceptors (Lipinski definition) is 3. The number of halogens is 1. The van der Waals surface area contributed by atoms with E-state index in [2.05, 4.69) is 0 Å². The Hall–Kier alpha value is -2.07. The summed E-state index contributed by atoms with van der Waals surface area (Å²) >= 11 is 0. The van der Waals surface area contributed by atoms with Gasteiger partial charge in [0.1, 0.15) is 17.3 Å². The first-order valence-electron chi connectivity index (χ1n) is 6.26. The van der Waals surface area contributed by atoms with Gasteiger partial charge in [0.15, 0.2) is 0 Å². The Labute approximate surface area is 118 Å². The summed E-state index contributed by atoms with van der Waals surface area (Å²) in [5.41, 5.74) is 6.52. The molecule has 1 unspecified atom stereocenters. The number of benzene rings is 2. The summed E-state index contributed by atoms with van der Waals surface area (Å²) in [7, 11) is 3.13. The highest BCUT2D eigenvalue weighted by atomic mass is 19.1. The van der Waals surface area contributed by atoms with Crippen molar-refractivity contribution in [1.29, 1.82) is 0 Å². The lowest BCUT2D eigenvalue weighted by Gasteiger charge is -2.27. The molecule has 2 N–H and O–H groups in total. The molecule has 0 heterocycles. The van der Waals surface area contributed by atoms with Gasteiger partial charge in [-0.25, -0.2) is 4.39 Å². The van der Waals surface area contributed by atoms with Gasteiger partial charge >= 0.3 is 0 Å². The summed E-state index contributed by atoms with van der Waals surface area (Å²) in [5, 5.41) is 0. The van der Waals surface area contributed by atoms with Crippen LogP contribution in [0, 0.1) is 5.82 Å². The summed E-state index contributed by atoms with van der Waals surface area (Å²) in [6.45, 7) is 1.76. The van der Waals surface area contributed by atoms with Crippen LogP contribution in [0.25, 0.3) is 0 Å². The zero-order valence-corrected chi connectivity index (χ0v) is 11.8. The second-order valence-electron chi connectivity index (χ2n) is 4.78. The Bertz CT molecular complexity index is 589. The van der Waals surface area contributed by atoms with Gasteiger partial charge in [0.2, 0.25) is 0 Å². The van der Waals surface area contributed by atoms with Crippen LogP contribution in [0.1, 0.15) is 18.1 Å². The van der Waals surface area contributed by atoms with Crippen molar-refractivity contribution >= 4 is 0 Å². The van der Waals surface area contributed by atoms with Crippen molar-refractivity contribution in [1.82, 2.24) is 0 Å². The molecule has 3 nitrogen and oxygen atoms in total. The van der Waals surface area contributed by atoms with Gasteiger partial charge in [-0.05, 0) is 30.7 Å². The molecule has 20 heavy (non-hydrogen) atoms. The topological polar surface area (TPSA) is 44.5 Å². The molecular weight excluding hydrogens is 257 g/mol. The Kier molecular flexibility index (Phi) is 3.95. The van der Waals surface area contributed by atoms with Gasteiger partial charge in [-0.15, -0.1) is 0 Å². The van der Waals surface area contributed by atoms with Crippen LogP contribution in [0.5, 0.6) is 11.5 Å². The largest absolute Gasteiger partial charge is 0.497 e. The van der Waals surface area contributed by atoms with E-state index in [1.807, 2.05) is 0 Å². The van der Waals surface area contributed by atoms with Crippen LogP contribution in [-0.2, 0) is 5.54 Å². The maximum atomic E-state index is 14.0. The highest BCUT2D eigenvalue weighted by Crippen LogP contribution is 2.33. The maximum Gasteiger partial charge on any atom is 0.128 e. The minimum atomic E-state index is -0.979. The van der Waals surface area contributed by atoms with Crippen LogP contribution >= 0.6 is 0 Å². The molecule has 0 saturated carbocycles. The Balaban J connectivity index is 2.56. The van der Waals surface area contributed by atoms with Crippen LogP contribution in [0.2, 0.25) is 0 Å². The summed E-state index contributed by atoms with van der Waals surface area (Å²) in [4.78, 5) is 0. The highest BCUT2D eigenvalue weighted by Gasteiger charge is 2.27. The van der Waals surface area contributed by atoms with Crippen molar-refractivity contribution in [3.63, 3.8) is 0 Å². The molecule has 106 valence electrons. The molecule has 2 aromatic carbocycles. The third kappa shape index (κ3) is 2.60. The molecule has 0 radical (unpaired) electrons. The molecule has 0 aromatic heterocycles. The summed E-state index contributed by atoms with van der Waals surface area (Å²) in [5.74, 6) is 0.902. The van der Waals surface area contributed by atoms with Crippen molar-refractivity contribution < 1.29 is 13.9 Å². The molecule has 0 fully saturated rings. The molecule has 0 bridgehead atoms. The van der Waals surface area contributed by atoms with E-state index in [1.165, 1.54) is 6.07 Å². The summed E-state index contributed by atoms with van der Waals surface area (Å²) in [6, 6.07) is 11.8. The standard InChI is InChI=1S/C16H18FNO2/c1-16(18,14-6-4-5-7-15(14)17)11-8-12(19-2)10-13(9-11)20-3/h4-10H,18H2,1-3H3. The molecule has 1 atom stereocenters. The van der Waals surface area contributed by atoms with Gasteiger partial charge in [-0.1, -0.05) is 18.2 Å². The zero-order valence-electron chi connectivity index (χ0n) is 11.8. The molecule has 0 saturated heterocycles. The van der Waals surface area contributed by atoms with Crippen molar-refractivity contribution in [2.75, 3.05) is 14.2 Å². The van der Waals surface area contributed by atoms with Crippen LogP contribution in [0.15, 0.2) is 42.5 Å². The van der Waals surface area contributed by atoms with Crippen LogP contribution < -0.4 is 15.2 Å². The first-order valence-corrected chi connectivity index (χ1v) is 6.26. The number of rotatable bonds is 4. The molecule has 2 rings (SSSR count). The number of nitrogens with two attached hydrogens (primary N) is 1. The summed E-state index contributed by atoms with van der Waals surface area (Å²) in [6.07, 6.45) is 0. The number of hydrogen-bond donors (Lipinski definition) is 1. The van der Waals surface area contributed by atoms with Gasteiger partial charge in [-0.3, -0.25) is 0 Å². The third-order valence-electron chi connectivity index (χ3n) is 3.38. The van der Waals surface area contributed by atoms with Crippen LogP contribution in [0.3, 0.4) is 0 Å². The molecule has 2 aromatic rings. The predicted octanol–water partition coefficient (Wildman–Crippen LogP) is 3.07. The first kappa shape index (κ1) is 14.3. The first-order chi connectivity index (χ1) is 9.48. The van der Waals surface area contributed by atoms with E-state index in [0.29, 0.717) is 17.1 Å². The fraction of sp³-hybridized carbons (Fsp3) is 0.250. The zero-order chi connectivity index (χ0) is 14.8. The van der Waals surface area contributed by atoms with Gasteiger partial charge in [0, 0.05) is 11.6 Å². The molecule has 0 aliphatic heterocycles. The molecular formula is C16H18FNO2. The van der Waals surface area contributed by atoms with E-state index in [0.717, 1.165) is 5.56 Å². The molecule has 4 heteroatoms. The van der Waals surface area contributed by atoms with Crippen molar-refractivity contribution in [2.24, 2.45) is 5.73 Å². The Morgan fingerprint density at radius 1 is 1.00 bits per heavy atom. The molecule has 0 aliphatic rings. The van der Waals surface area contributed by atoms with Gasteiger partial charge < -0.3 is 15.2 Å². The average molecular weight is 275 g/mol. The van der Waals surface area contributed by atoms with Crippen LogP contribution in [0.4, 0.5) is 4.39 Å². The number of methoxy groups -OCH3 is 2. The van der Waals surface area contributed by atoms with E-state index >= 15 is 0 Å². The van der Waals surface area contributed by atoms with Crippen molar-refractivity contribution in [3.05, 3.63) is 59.4 Å². The normalized spacial score (nSPS) is 13.7. The highest BCUT2D eigenvalue weighted by molar-refractivity contribution is 5.46. The maximum absolute atomic E-state index is 14.0. The minimum absolute atomic E-state index is 0.334. The fourth-order valence-corrected chi connectivity index (χ4v) is 2.15. The lowest BCUT2D eigenvalue weighted by molar-refractivity contribution is 0.391. The van der Waals surface area contributed by atoms with Gasteiger partial charge in [-0.2, -0.15) is 0 Å². The van der Waals surface area contributed by atoms with E-state index in [-0.39, 0.29) is 5.82 Å². The van der Waals surface area contributed by atoms with E-state index < -0.39 is 5.54 Å². The minimum Gasteiger partial charge on any atom is -0.497 e. The van der Waals surface area contributed by atoms with E-state index in [4.69, 9.17) is 15.2 Å². The SMILES string of the molecule is COc1cc(OC)cc(C(C)(N)c2ccccc2F)c1. The predicted molar refractivity (Wildman–Crippen MR) is 76.6 cm³/mol. The molecule has 0 aliphatic carbocycles. The monoisotopic (exact) mass is 275 g/mol. The summed E-state index contributed by atoms with van der Waals surface area (Å²) < 4.78 is 24.5.